The highest BCUT2D eigenvalue weighted by Crippen LogP contribution is 2.23. The van der Waals surface area contributed by atoms with Gasteiger partial charge in [0.1, 0.15) is 11.6 Å². The van der Waals surface area contributed by atoms with Crippen molar-refractivity contribution in [1.82, 2.24) is 19.9 Å². The summed E-state index contributed by atoms with van der Waals surface area (Å²) < 4.78 is 5.29. The molecular weight excluding hydrogens is 324 g/mol. The van der Waals surface area contributed by atoms with Crippen molar-refractivity contribution in [2.24, 2.45) is 0 Å². The van der Waals surface area contributed by atoms with Gasteiger partial charge in [-0.1, -0.05) is 18.2 Å². The number of hydrogen-bond donors (Lipinski definition) is 0. The van der Waals surface area contributed by atoms with Crippen LogP contribution < -0.4 is 4.74 Å². The van der Waals surface area contributed by atoms with E-state index in [1.165, 1.54) is 16.8 Å². The lowest BCUT2D eigenvalue weighted by Gasteiger charge is -2.27. The van der Waals surface area contributed by atoms with Crippen molar-refractivity contribution >= 4 is 0 Å². The number of nitrogens with zero attached hydrogens (tertiary/aromatic N) is 4. The minimum atomic E-state index is 0.845. The monoisotopic (exact) mass is 346 g/mol. The van der Waals surface area contributed by atoms with E-state index in [-0.39, 0.29) is 0 Å². The lowest BCUT2D eigenvalue weighted by atomic mass is 10.1. The van der Waals surface area contributed by atoms with E-state index in [2.05, 4.69) is 32.0 Å². The molecule has 0 amide bonds. The second-order valence-corrected chi connectivity index (χ2v) is 6.63. The van der Waals surface area contributed by atoms with E-state index < -0.39 is 0 Å². The maximum absolute atomic E-state index is 5.29. The van der Waals surface area contributed by atoms with Gasteiger partial charge in [-0.15, -0.1) is 0 Å². The molecule has 132 valence electrons. The Bertz CT molecular complexity index is 908. The molecule has 0 fully saturated rings. The van der Waals surface area contributed by atoms with Crippen molar-refractivity contribution in [2.75, 3.05) is 13.7 Å². The Balaban J connectivity index is 1.45. The van der Waals surface area contributed by atoms with Crippen molar-refractivity contribution in [3.63, 3.8) is 0 Å². The minimum Gasteiger partial charge on any atom is -0.497 e. The lowest BCUT2D eigenvalue weighted by Crippen LogP contribution is -2.31. The zero-order valence-electron chi connectivity index (χ0n) is 15.1. The zero-order valence-corrected chi connectivity index (χ0v) is 15.1. The van der Waals surface area contributed by atoms with Crippen LogP contribution in [-0.2, 0) is 19.5 Å². The van der Waals surface area contributed by atoms with Crippen LogP contribution in [0, 0.1) is 6.92 Å². The molecule has 0 radical (unpaired) electrons. The third-order valence-corrected chi connectivity index (χ3v) is 4.73. The normalized spacial score (nSPS) is 14.1. The number of rotatable bonds is 4. The van der Waals surface area contributed by atoms with Crippen molar-refractivity contribution in [2.45, 2.75) is 26.4 Å². The largest absolute Gasteiger partial charge is 0.497 e. The van der Waals surface area contributed by atoms with E-state index in [1.807, 2.05) is 43.6 Å². The van der Waals surface area contributed by atoms with E-state index in [0.717, 1.165) is 48.9 Å². The highest BCUT2D eigenvalue weighted by atomic mass is 16.5. The molecule has 0 unspecified atom stereocenters. The summed E-state index contributed by atoms with van der Waals surface area (Å²) in [4.78, 5) is 15.9. The van der Waals surface area contributed by atoms with Crippen LogP contribution in [0.5, 0.6) is 5.75 Å². The molecule has 4 rings (SSSR count). The fraction of sp³-hybridized carbons (Fsp3) is 0.286. The summed E-state index contributed by atoms with van der Waals surface area (Å²) in [6.45, 7) is 4.75. The van der Waals surface area contributed by atoms with Gasteiger partial charge in [0.15, 0.2) is 0 Å². The van der Waals surface area contributed by atoms with Crippen LogP contribution >= 0.6 is 0 Å². The molecule has 0 saturated carbocycles. The van der Waals surface area contributed by atoms with Gasteiger partial charge in [0.25, 0.3) is 0 Å². The average molecular weight is 346 g/mol. The van der Waals surface area contributed by atoms with Gasteiger partial charge in [0.2, 0.25) is 0 Å². The van der Waals surface area contributed by atoms with Gasteiger partial charge in [-0.25, -0.2) is 9.97 Å². The number of methoxy groups -OCH3 is 1. The maximum atomic E-state index is 5.29. The van der Waals surface area contributed by atoms with E-state index >= 15 is 0 Å². The molecule has 1 aromatic carbocycles. The number of hydrogen-bond acceptors (Lipinski definition) is 5. The molecular formula is C21H22N4O. The van der Waals surface area contributed by atoms with Gasteiger partial charge in [0.05, 0.1) is 12.8 Å². The molecule has 1 aliphatic heterocycles. The quantitative estimate of drug-likeness (QED) is 0.724. The summed E-state index contributed by atoms with van der Waals surface area (Å²) in [7, 11) is 1.68. The average Bonchev–Trinajstić information content (AvgIpc) is 2.69. The highest BCUT2D eigenvalue weighted by Gasteiger charge is 2.18. The molecule has 0 saturated heterocycles. The number of aryl methyl sites for hydroxylation is 1. The van der Waals surface area contributed by atoms with Gasteiger partial charge in [-0.05, 0) is 30.7 Å². The van der Waals surface area contributed by atoms with Gasteiger partial charge in [-0.3, -0.25) is 9.88 Å². The number of fused-ring (bicyclic) bond motifs is 1. The van der Waals surface area contributed by atoms with Crippen molar-refractivity contribution in [3.05, 3.63) is 71.4 Å². The molecule has 26 heavy (non-hydrogen) atoms. The third kappa shape index (κ3) is 3.58. The molecule has 3 heterocycles. The van der Waals surface area contributed by atoms with Crippen LogP contribution in [0.2, 0.25) is 0 Å². The predicted molar refractivity (Wildman–Crippen MR) is 101 cm³/mol. The van der Waals surface area contributed by atoms with Crippen LogP contribution in [0.25, 0.3) is 11.3 Å². The standard InChI is InChI=1S/C21H22N4O/c1-15-22-12-18-14-25(9-8-21(18)24-15)13-16-6-7-20(23-11-16)17-4-3-5-19(10-17)26-2/h3-7,10-12H,8-9,13-14H2,1-2H3. The molecule has 0 atom stereocenters. The van der Waals surface area contributed by atoms with Crippen molar-refractivity contribution < 1.29 is 4.74 Å². The first-order valence-corrected chi connectivity index (χ1v) is 8.84. The number of ether oxygens (including phenoxy) is 1. The molecule has 5 nitrogen and oxygen atoms in total. The smallest absolute Gasteiger partial charge is 0.125 e. The van der Waals surface area contributed by atoms with Gasteiger partial charge >= 0.3 is 0 Å². The van der Waals surface area contributed by atoms with Gasteiger partial charge in [-0.2, -0.15) is 0 Å². The SMILES string of the molecule is COc1cccc(-c2ccc(CN3CCc4nc(C)ncc4C3)cn2)c1. The highest BCUT2D eigenvalue weighted by molar-refractivity contribution is 5.61. The van der Waals surface area contributed by atoms with E-state index in [9.17, 15) is 0 Å². The van der Waals surface area contributed by atoms with Gasteiger partial charge < -0.3 is 4.74 Å². The third-order valence-electron chi connectivity index (χ3n) is 4.73. The summed E-state index contributed by atoms with van der Waals surface area (Å²) in [5, 5.41) is 0. The molecule has 0 spiro atoms. The molecule has 0 bridgehead atoms. The second-order valence-electron chi connectivity index (χ2n) is 6.63. The molecule has 2 aromatic heterocycles. The van der Waals surface area contributed by atoms with E-state index in [1.54, 1.807) is 7.11 Å². The Morgan fingerprint density at radius 3 is 2.85 bits per heavy atom. The minimum absolute atomic E-state index is 0.845. The zero-order chi connectivity index (χ0) is 17.9. The maximum Gasteiger partial charge on any atom is 0.125 e. The Labute approximate surface area is 153 Å². The summed E-state index contributed by atoms with van der Waals surface area (Å²) in [6.07, 6.45) is 4.91. The van der Waals surface area contributed by atoms with Gasteiger partial charge in [0, 0.05) is 55.3 Å². The summed E-state index contributed by atoms with van der Waals surface area (Å²) in [6, 6.07) is 12.2. The topological polar surface area (TPSA) is 51.1 Å². The summed E-state index contributed by atoms with van der Waals surface area (Å²) in [5.74, 6) is 1.70. The first kappa shape index (κ1) is 16.7. The van der Waals surface area contributed by atoms with Crippen LogP contribution in [0.15, 0.2) is 48.8 Å². The molecule has 3 aromatic rings. The van der Waals surface area contributed by atoms with Crippen molar-refractivity contribution in [3.8, 4) is 17.0 Å². The Morgan fingerprint density at radius 2 is 2.04 bits per heavy atom. The van der Waals surface area contributed by atoms with E-state index in [0.29, 0.717) is 0 Å². The van der Waals surface area contributed by atoms with Crippen molar-refractivity contribution in [1.29, 1.82) is 0 Å². The van der Waals surface area contributed by atoms with Crippen LogP contribution in [0.3, 0.4) is 0 Å². The molecule has 1 aliphatic rings. The van der Waals surface area contributed by atoms with E-state index in [4.69, 9.17) is 4.74 Å². The van der Waals surface area contributed by atoms with Crippen LogP contribution in [0.4, 0.5) is 0 Å². The summed E-state index contributed by atoms with van der Waals surface area (Å²) in [5.41, 5.74) is 5.67. The second kappa shape index (κ2) is 7.22. The predicted octanol–water partition coefficient (Wildman–Crippen LogP) is 3.41. The Kier molecular flexibility index (Phi) is 4.63. The number of benzene rings is 1. The first-order valence-electron chi connectivity index (χ1n) is 8.84. The number of pyridine rings is 1. The molecule has 0 N–H and O–H groups in total. The van der Waals surface area contributed by atoms with Crippen LogP contribution in [-0.4, -0.2) is 33.5 Å². The van der Waals surface area contributed by atoms with Crippen LogP contribution in [0.1, 0.15) is 22.6 Å². The molecule has 0 aliphatic carbocycles. The Morgan fingerprint density at radius 1 is 1.12 bits per heavy atom. The first-order chi connectivity index (χ1) is 12.7. The number of aromatic nitrogens is 3. The molecule has 5 heteroatoms. The Hall–Kier alpha value is -2.79. The fourth-order valence-electron chi connectivity index (χ4n) is 3.34. The summed E-state index contributed by atoms with van der Waals surface area (Å²) >= 11 is 0. The fourth-order valence-corrected chi connectivity index (χ4v) is 3.34. The lowest BCUT2D eigenvalue weighted by molar-refractivity contribution is 0.242.